The van der Waals surface area contributed by atoms with E-state index in [9.17, 15) is 0 Å². The third-order valence-electron chi connectivity index (χ3n) is 6.60. The van der Waals surface area contributed by atoms with Gasteiger partial charge in [0.25, 0.3) is 0 Å². The third kappa shape index (κ3) is 4.43. The van der Waals surface area contributed by atoms with Crippen LogP contribution in [-0.4, -0.2) is 65.1 Å². The van der Waals surface area contributed by atoms with E-state index in [-0.39, 0.29) is 36.6 Å². The van der Waals surface area contributed by atoms with Crippen molar-refractivity contribution >= 4 is 0 Å². The lowest BCUT2D eigenvalue weighted by molar-refractivity contribution is 0.249. The minimum absolute atomic E-state index is 0.0227. The zero-order valence-corrected chi connectivity index (χ0v) is 19.9. The molecule has 6 rings (SSSR count). The predicted molar refractivity (Wildman–Crippen MR) is 122 cm³/mol. The molecule has 182 valence electrons. The average Bonchev–Trinajstić information content (AvgIpc) is 3.64. The van der Waals surface area contributed by atoms with E-state index in [1.165, 1.54) is 0 Å². The Morgan fingerprint density at radius 1 is 0.706 bits per heavy atom. The first-order chi connectivity index (χ1) is 16.6. The van der Waals surface area contributed by atoms with Gasteiger partial charge >= 0.3 is 0 Å². The van der Waals surface area contributed by atoms with Crippen LogP contribution in [0, 0.1) is 0 Å². The maximum atomic E-state index is 6.28. The highest BCUT2D eigenvalue weighted by molar-refractivity contribution is 5.82. The van der Waals surface area contributed by atoms with E-state index < -0.39 is 0 Å². The molecule has 2 aromatic carbocycles. The SMILES string of the molecule is COc1cc(C2OC2C)cc(-c2cc(C3OC3C)cc(OC)c2OCC2CO2)c1OCC1CO1. The van der Waals surface area contributed by atoms with Crippen LogP contribution in [-0.2, 0) is 18.9 Å². The number of epoxide rings is 4. The van der Waals surface area contributed by atoms with Crippen molar-refractivity contribution in [3.63, 3.8) is 0 Å². The van der Waals surface area contributed by atoms with Crippen molar-refractivity contribution < 1.29 is 37.9 Å². The predicted octanol–water partition coefficient (Wildman–Crippen LogP) is 3.85. The van der Waals surface area contributed by atoms with Crippen molar-refractivity contribution in [3.05, 3.63) is 35.4 Å². The molecular weight excluding hydrogens is 440 g/mol. The van der Waals surface area contributed by atoms with E-state index in [0.717, 1.165) is 22.3 Å². The van der Waals surface area contributed by atoms with E-state index in [1.54, 1.807) is 14.2 Å². The van der Waals surface area contributed by atoms with E-state index in [1.807, 2.05) is 12.1 Å². The van der Waals surface area contributed by atoms with Gasteiger partial charge in [0.15, 0.2) is 23.0 Å². The highest BCUT2D eigenvalue weighted by Gasteiger charge is 2.39. The van der Waals surface area contributed by atoms with Crippen LogP contribution in [0.15, 0.2) is 24.3 Å². The van der Waals surface area contributed by atoms with Crippen LogP contribution in [0.25, 0.3) is 11.1 Å². The number of benzene rings is 2. The summed E-state index contributed by atoms with van der Waals surface area (Å²) in [7, 11) is 3.30. The molecule has 0 N–H and O–H groups in total. The second-order valence-corrected chi connectivity index (χ2v) is 9.26. The lowest BCUT2D eigenvalue weighted by Crippen LogP contribution is -2.09. The number of hydrogen-bond acceptors (Lipinski definition) is 8. The Balaban J connectivity index is 1.50. The molecule has 0 aromatic heterocycles. The largest absolute Gasteiger partial charge is 0.493 e. The van der Waals surface area contributed by atoms with Gasteiger partial charge in [-0.1, -0.05) is 0 Å². The summed E-state index contributed by atoms with van der Waals surface area (Å²) >= 11 is 0. The van der Waals surface area contributed by atoms with Crippen molar-refractivity contribution in [1.82, 2.24) is 0 Å². The maximum Gasteiger partial charge on any atom is 0.169 e. The summed E-state index contributed by atoms with van der Waals surface area (Å²) in [5.74, 6) is 2.58. The van der Waals surface area contributed by atoms with Crippen LogP contribution < -0.4 is 18.9 Å². The maximum absolute atomic E-state index is 6.28. The van der Waals surface area contributed by atoms with Gasteiger partial charge in [0.1, 0.15) is 37.6 Å². The zero-order valence-electron chi connectivity index (χ0n) is 19.9. The summed E-state index contributed by atoms with van der Waals surface area (Å²) in [4.78, 5) is 0. The Bertz CT molecular complexity index is 991. The summed E-state index contributed by atoms with van der Waals surface area (Å²) in [5.41, 5.74) is 3.79. The van der Waals surface area contributed by atoms with Crippen molar-refractivity contribution in [2.75, 3.05) is 40.6 Å². The van der Waals surface area contributed by atoms with Crippen LogP contribution in [0.2, 0.25) is 0 Å². The molecule has 4 heterocycles. The molecule has 6 atom stereocenters. The molecule has 34 heavy (non-hydrogen) atoms. The second-order valence-electron chi connectivity index (χ2n) is 9.26. The number of ether oxygens (including phenoxy) is 8. The highest BCUT2D eigenvalue weighted by Crippen LogP contribution is 2.52. The number of hydrogen-bond donors (Lipinski definition) is 0. The van der Waals surface area contributed by atoms with Gasteiger partial charge in [-0.25, -0.2) is 0 Å². The fraction of sp³-hybridized carbons (Fsp3) is 0.538. The molecule has 0 saturated carbocycles. The van der Waals surface area contributed by atoms with Gasteiger partial charge in [0.2, 0.25) is 0 Å². The quantitative estimate of drug-likeness (QED) is 0.458. The van der Waals surface area contributed by atoms with E-state index in [2.05, 4.69) is 26.0 Å². The number of methoxy groups -OCH3 is 2. The minimum atomic E-state index is 0.0227. The average molecular weight is 471 g/mol. The van der Waals surface area contributed by atoms with E-state index >= 15 is 0 Å². The third-order valence-corrected chi connectivity index (χ3v) is 6.60. The molecule has 0 spiro atoms. The summed E-state index contributed by atoms with van der Waals surface area (Å²) in [6.45, 7) is 6.43. The zero-order chi connectivity index (χ0) is 23.4. The van der Waals surface area contributed by atoms with Gasteiger partial charge in [-0.15, -0.1) is 0 Å². The first-order valence-corrected chi connectivity index (χ1v) is 11.8. The Kier molecular flexibility index (Phi) is 5.56. The summed E-state index contributed by atoms with van der Waals surface area (Å²) in [6, 6.07) is 8.20. The summed E-state index contributed by atoms with van der Waals surface area (Å²) in [6.07, 6.45) is 0.577. The molecule has 4 saturated heterocycles. The highest BCUT2D eigenvalue weighted by atomic mass is 16.6. The Hall–Kier alpha value is -2.52. The summed E-state index contributed by atoms with van der Waals surface area (Å²) < 4.78 is 46.5. The van der Waals surface area contributed by atoms with E-state index in [0.29, 0.717) is 49.4 Å². The van der Waals surface area contributed by atoms with Gasteiger partial charge in [-0.3, -0.25) is 0 Å². The van der Waals surface area contributed by atoms with E-state index in [4.69, 9.17) is 37.9 Å². The smallest absolute Gasteiger partial charge is 0.169 e. The van der Waals surface area contributed by atoms with Crippen LogP contribution in [0.1, 0.15) is 37.2 Å². The van der Waals surface area contributed by atoms with Crippen LogP contribution in [0.5, 0.6) is 23.0 Å². The lowest BCUT2D eigenvalue weighted by atomic mass is 9.95. The molecule has 0 bridgehead atoms. The molecule has 8 heteroatoms. The molecule has 0 amide bonds. The molecule has 0 radical (unpaired) electrons. The molecule has 4 aliphatic heterocycles. The molecule has 8 nitrogen and oxygen atoms in total. The van der Waals surface area contributed by atoms with Gasteiger partial charge in [0, 0.05) is 11.1 Å². The molecule has 4 aliphatic rings. The van der Waals surface area contributed by atoms with Gasteiger partial charge in [-0.05, 0) is 49.2 Å². The van der Waals surface area contributed by atoms with Gasteiger partial charge in [-0.2, -0.15) is 0 Å². The minimum Gasteiger partial charge on any atom is -0.493 e. The Labute approximate surface area is 198 Å². The first kappa shape index (κ1) is 22.0. The van der Waals surface area contributed by atoms with Crippen LogP contribution in [0.4, 0.5) is 0 Å². The second kappa shape index (κ2) is 8.61. The molecule has 2 aromatic rings. The number of rotatable bonds is 11. The standard InChI is InChI=1S/C26H30O8/c1-13-23(33-13)15-5-19(25(21(7-15)27-3)31-11-17-9-29-17)20-6-16(24-14(2)34-24)8-22(28-4)26(20)32-12-18-10-30-18/h5-8,13-14,17-18,23-24H,9-12H2,1-4H3. The molecule has 0 aliphatic carbocycles. The van der Waals surface area contributed by atoms with Gasteiger partial charge in [0.05, 0.1) is 39.6 Å². The van der Waals surface area contributed by atoms with Crippen molar-refractivity contribution in [2.24, 2.45) is 0 Å². The lowest BCUT2D eigenvalue weighted by Gasteiger charge is -2.21. The Morgan fingerprint density at radius 3 is 1.38 bits per heavy atom. The van der Waals surface area contributed by atoms with Crippen LogP contribution >= 0.6 is 0 Å². The topological polar surface area (TPSA) is 87.0 Å². The van der Waals surface area contributed by atoms with Crippen molar-refractivity contribution in [1.29, 1.82) is 0 Å². The van der Waals surface area contributed by atoms with Gasteiger partial charge < -0.3 is 37.9 Å². The van der Waals surface area contributed by atoms with Crippen molar-refractivity contribution in [3.8, 4) is 34.1 Å². The fourth-order valence-corrected chi connectivity index (χ4v) is 4.33. The molecule has 6 unspecified atom stereocenters. The molecular formula is C26H30O8. The first-order valence-electron chi connectivity index (χ1n) is 11.8. The fourth-order valence-electron chi connectivity index (χ4n) is 4.33. The molecule has 4 fully saturated rings. The monoisotopic (exact) mass is 470 g/mol. The normalized spacial score (nSPS) is 30.5. The Morgan fingerprint density at radius 2 is 1.09 bits per heavy atom. The van der Waals surface area contributed by atoms with Crippen LogP contribution in [0.3, 0.4) is 0 Å². The van der Waals surface area contributed by atoms with Crippen molar-refractivity contribution in [2.45, 2.75) is 50.5 Å². The summed E-state index contributed by atoms with van der Waals surface area (Å²) in [5, 5.41) is 0.